The van der Waals surface area contributed by atoms with Crippen LogP contribution in [0.2, 0.25) is 0 Å². The zero-order chi connectivity index (χ0) is 16.1. The first-order chi connectivity index (χ1) is 10.5. The Morgan fingerprint density at radius 2 is 1.73 bits per heavy atom. The molecule has 2 aromatic rings. The van der Waals surface area contributed by atoms with E-state index in [0.717, 1.165) is 11.1 Å². The highest BCUT2D eigenvalue weighted by Crippen LogP contribution is 2.23. The first-order valence-electron chi connectivity index (χ1n) is 7.60. The first-order valence-corrected chi connectivity index (χ1v) is 7.60. The van der Waals surface area contributed by atoms with Gasteiger partial charge in [0.05, 0.1) is 6.10 Å². The normalized spacial score (nSPS) is 13.5. The number of hydrogen-bond donors (Lipinski definition) is 2. The molecule has 2 atom stereocenters. The Morgan fingerprint density at radius 1 is 1.09 bits per heavy atom. The number of rotatable bonds is 5. The lowest BCUT2D eigenvalue weighted by Crippen LogP contribution is -2.23. The van der Waals surface area contributed by atoms with Gasteiger partial charge in [-0.2, -0.15) is 0 Å². The van der Waals surface area contributed by atoms with E-state index >= 15 is 0 Å². The summed E-state index contributed by atoms with van der Waals surface area (Å²) in [7, 11) is 0. The Bertz CT molecular complexity index is 632. The van der Waals surface area contributed by atoms with Crippen molar-refractivity contribution in [2.24, 2.45) is 5.92 Å². The van der Waals surface area contributed by atoms with Gasteiger partial charge in [0.2, 0.25) is 5.91 Å². The lowest BCUT2D eigenvalue weighted by Gasteiger charge is -2.16. The predicted molar refractivity (Wildman–Crippen MR) is 89.8 cm³/mol. The monoisotopic (exact) mass is 297 g/mol. The fourth-order valence-corrected chi connectivity index (χ4v) is 2.40. The van der Waals surface area contributed by atoms with Crippen molar-refractivity contribution in [1.82, 2.24) is 0 Å². The van der Waals surface area contributed by atoms with Gasteiger partial charge in [-0.05, 0) is 31.9 Å². The van der Waals surface area contributed by atoms with Crippen LogP contribution in [0.4, 0.5) is 5.69 Å². The largest absolute Gasteiger partial charge is 0.389 e. The number of carbonyl (C=O) groups is 1. The van der Waals surface area contributed by atoms with E-state index in [1.807, 2.05) is 38.1 Å². The molecule has 0 aliphatic carbocycles. The summed E-state index contributed by atoms with van der Waals surface area (Å²) in [5.74, 6) is -0.168. The van der Waals surface area contributed by atoms with Gasteiger partial charge < -0.3 is 10.4 Å². The van der Waals surface area contributed by atoms with E-state index in [9.17, 15) is 9.90 Å². The summed E-state index contributed by atoms with van der Waals surface area (Å²) >= 11 is 0. The Morgan fingerprint density at radius 3 is 2.36 bits per heavy atom. The molecule has 0 bridgehead atoms. The average Bonchev–Trinajstić information content (AvgIpc) is 2.49. The fraction of sp³-hybridized carbons (Fsp3) is 0.316. The molecule has 0 fully saturated rings. The molecular weight excluding hydrogens is 274 g/mol. The number of nitrogens with one attached hydrogen (secondary N) is 1. The highest BCUT2D eigenvalue weighted by molar-refractivity contribution is 5.93. The highest BCUT2D eigenvalue weighted by atomic mass is 16.3. The van der Waals surface area contributed by atoms with Crippen LogP contribution in [0, 0.1) is 12.8 Å². The number of aliphatic hydroxyl groups excluding tert-OH is 1. The number of carbonyl (C=O) groups excluding carboxylic acids is 1. The zero-order valence-electron chi connectivity index (χ0n) is 13.3. The molecule has 2 aromatic carbocycles. The van der Waals surface area contributed by atoms with E-state index in [2.05, 4.69) is 29.6 Å². The smallest absolute Gasteiger partial charge is 0.227 e. The van der Waals surface area contributed by atoms with E-state index in [-0.39, 0.29) is 11.8 Å². The molecule has 0 aromatic heterocycles. The molecule has 0 spiro atoms. The number of amides is 1. The van der Waals surface area contributed by atoms with Gasteiger partial charge in [0, 0.05) is 17.2 Å². The Balaban J connectivity index is 2.04. The molecule has 0 heterocycles. The van der Waals surface area contributed by atoms with Crippen LogP contribution in [-0.2, 0) is 11.2 Å². The van der Waals surface area contributed by atoms with Crippen molar-refractivity contribution in [3.8, 4) is 0 Å². The topological polar surface area (TPSA) is 49.3 Å². The van der Waals surface area contributed by atoms with Gasteiger partial charge in [0.15, 0.2) is 0 Å². The molecule has 0 aliphatic rings. The zero-order valence-corrected chi connectivity index (χ0v) is 13.3. The van der Waals surface area contributed by atoms with Crippen LogP contribution in [0.1, 0.15) is 36.6 Å². The van der Waals surface area contributed by atoms with Crippen LogP contribution in [0.3, 0.4) is 0 Å². The van der Waals surface area contributed by atoms with Crippen molar-refractivity contribution in [2.45, 2.75) is 33.3 Å². The van der Waals surface area contributed by atoms with E-state index in [4.69, 9.17) is 0 Å². The Hall–Kier alpha value is -2.13. The molecule has 22 heavy (non-hydrogen) atoms. The number of anilines is 1. The second kappa shape index (κ2) is 7.23. The first kappa shape index (κ1) is 16.2. The number of aliphatic hydroxyl groups is 1. The molecule has 2 rings (SSSR count). The summed E-state index contributed by atoms with van der Waals surface area (Å²) in [6.07, 6.45) is 0.0899. The van der Waals surface area contributed by atoms with E-state index in [0.29, 0.717) is 12.1 Å². The van der Waals surface area contributed by atoms with Crippen LogP contribution in [0.15, 0.2) is 48.5 Å². The lowest BCUT2D eigenvalue weighted by atomic mass is 9.99. The summed E-state index contributed by atoms with van der Waals surface area (Å²) in [6, 6.07) is 15.6. The molecule has 2 N–H and O–H groups in total. The minimum absolute atomic E-state index is 0.0336. The molecule has 3 nitrogen and oxygen atoms in total. The minimum Gasteiger partial charge on any atom is -0.389 e. The quantitative estimate of drug-likeness (QED) is 0.880. The second-order valence-corrected chi connectivity index (χ2v) is 5.84. The van der Waals surface area contributed by atoms with Gasteiger partial charge in [0.25, 0.3) is 0 Å². The molecule has 0 radical (unpaired) electrons. The fourth-order valence-electron chi connectivity index (χ4n) is 2.40. The standard InChI is InChI=1S/C19H23NO2/c1-13-8-10-16(11-9-13)12-14(2)19(22)20-18-7-5-4-6-17(18)15(3)21/h4-11,14-15,21H,12H2,1-3H3,(H,20,22). The molecule has 3 heteroatoms. The average molecular weight is 297 g/mol. The molecule has 0 saturated carbocycles. The SMILES string of the molecule is Cc1ccc(CC(C)C(=O)Nc2ccccc2C(C)O)cc1. The van der Waals surface area contributed by atoms with Crippen molar-refractivity contribution in [3.63, 3.8) is 0 Å². The van der Waals surface area contributed by atoms with Gasteiger partial charge in [-0.15, -0.1) is 0 Å². The van der Waals surface area contributed by atoms with Crippen molar-refractivity contribution >= 4 is 11.6 Å². The maximum atomic E-state index is 12.4. The summed E-state index contributed by atoms with van der Waals surface area (Å²) in [5, 5.41) is 12.7. The number of para-hydroxylation sites is 1. The summed E-state index contributed by atoms with van der Waals surface area (Å²) < 4.78 is 0. The summed E-state index contributed by atoms with van der Waals surface area (Å²) in [5.41, 5.74) is 3.78. The van der Waals surface area contributed by atoms with Crippen molar-refractivity contribution in [3.05, 3.63) is 65.2 Å². The molecular formula is C19H23NO2. The third-order valence-electron chi connectivity index (χ3n) is 3.78. The Kier molecular flexibility index (Phi) is 5.34. The highest BCUT2D eigenvalue weighted by Gasteiger charge is 2.16. The summed E-state index contributed by atoms with van der Waals surface area (Å²) in [6.45, 7) is 5.66. The number of benzene rings is 2. The molecule has 116 valence electrons. The van der Waals surface area contributed by atoms with E-state index < -0.39 is 6.10 Å². The van der Waals surface area contributed by atoms with Crippen LogP contribution in [0.25, 0.3) is 0 Å². The molecule has 0 saturated heterocycles. The van der Waals surface area contributed by atoms with Crippen molar-refractivity contribution in [1.29, 1.82) is 0 Å². The van der Waals surface area contributed by atoms with Crippen LogP contribution >= 0.6 is 0 Å². The van der Waals surface area contributed by atoms with E-state index in [1.165, 1.54) is 5.56 Å². The van der Waals surface area contributed by atoms with Crippen LogP contribution in [0.5, 0.6) is 0 Å². The van der Waals surface area contributed by atoms with Crippen molar-refractivity contribution < 1.29 is 9.90 Å². The van der Waals surface area contributed by atoms with Gasteiger partial charge in [-0.3, -0.25) is 4.79 Å². The number of aryl methyl sites for hydroxylation is 1. The maximum absolute atomic E-state index is 12.4. The van der Waals surface area contributed by atoms with Crippen LogP contribution in [-0.4, -0.2) is 11.0 Å². The van der Waals surface area contributed by atoms with Gasteiger partial charge in [-0.1, -0.05) is 55.0 Å². The molecule has 0 aliphatic heterocycles. The van der Waals surface area contributed by atoms with Crippen LogP contribution < -0.4 is 5.32 Å². The third-order valence-corrected chi connectivity index (χ3v) is 3.78. The van der Waals surface area contributed by atoms with Gasteiger partial charge >= 0.3 is 0 Å². The lowest BCUT2D eigenvalue weighted by molar-refractivity contribution is -0.119. The second-order valence-electron chi connectivity index (χ2n) is 5.84. The molecule has 1 amide bonds. The van der Waals surface area contributed by atoms with E-state index in [1.54, 1.807) is 6.92 Å². The predicted octanol–water partition coefficient (Wildman–Crippen LogP) is 3.87. The summed E-state index contributed by atoms with van der Waals surface area (Å²) in [4.78, 5) is 12.4. The Labute approximate surface area is 132 Å². The van der Waals surface area contributed by atoms with Gasteiger partial charge in [0.1, 0.15) is 0 Å². The van der Waals surface area contributed by atoms with Crippen molar-refractivity contribution in [2.75, 3.05) is 5.32 Å². The number of hydrogen-bond acceptors (Lipinski definition) is 2. The maximum Gasteiger partial charge on any atom is 0.227 e. The third kappa shape index (κ3) is 4.18. The van der Waals surface area contributed by atoms with Gasteiger partial charge in [-0.25, -0.2) is 0 Å². The molecule has 2 unspecified atom stereocenters. The minimum atomic E-state index is -0.607.